The van der Waals surface area contributed by atoms with Gasteiger partial charge in [0.25, 0.3) is 0 Å². The molecule has 0 aromatic heterocycles. The highest BCUT2D eigenvalue weighted by atomic mass is 16.4. The van der Waals surface area contributed by atoms with Crippen LogP contribution in [0.2, 0.25) is 0 Å². The minimum absolute atomic E-state index is 0.295. The summed E-state index contributed by atoms with van der Waals surface area (Å²) in [4.78, 5) is 68.1. The van der Waals surface area contributed by atoms with Gasteiger partial charge in [0.15, 0.2) is 0 Å². The van der Waals surface area contributed by atoms with Crippen LogP contribution in [0, 0.1) is 0 Å². The quantitative estimate of drug-likeness (QED) is 0.145. The molecule has 0 fully saturated rings. The predicted molar refractivity (Wildman–Crippen MR) is 90.2 cm³/mol. The van der Waals surface area contributed by atoms with Crippen molar-refractivity contribution in [2.45, 2.75) is 37.4 Å². The molecule has 0 spiro atoms. The number of nitrogens with one attached hydrogen (secondary N) is 3. The second kappa shape index (κ2) is 12.2. The standard InChI is InChI=1S/C14H23N5O9/c15-6(5-20)12(25)17-4-10(22)18-7(1-2-9(16)21)13(26)19-8(14(27)28)3-11(23)24/h6-8,20H,1-5,15H2,(H2,16,21)(H,17,25)(H,18,22)(H,19,26)(H,23,24)(H,27,28). The van der Waals surface area contributed by atoms with Gasteiger partial charge < -0.3 is 42.7 Å². The second-order valence-corrected chi connectivity index (χ2v) is 5.63. The predicted octanol–water partition coefficient (Wildman–Crippen LogP) is -4.78. The van der Waals surface area contributed by atoms with E-state index in [4.69, 9.17) is 26.8 Å². The first-order valence-corrected chi connectivity index (χ1v) is 7.94. The highest BCUT2D eigenvalue weighted by molar-refractivity contribution is 5.93. The van der Waals surface area contributed by atoms with E-state index in [-0.39, 0.29) is 12.8 Å². The number of hydrogen-bond donors (Lipinski definition) is 8. The Bertz CT molecular complexity index is 624. The number of aliphatic hydroxyl groups excluding tert-OH is 1. The number of aliphatic carboxylic acids is 2. The van der Waals surface area contributed by atoms with Crippen LogP contribution in [-0.2, 0) is 28.8 Å². The van der Waals surface area contributed by atoms with E-state index in [9.17, 15) is 28.8 Å². The molecule has 0 aromatic carbocycles. The lowest BCUT2D eigenvalue weighted by Crippen LogP contribution is -2.54. The van der Waals surface area contributed by atoms with Crippen molar-refractivity contribution in [2.75, 3.05) is 13.2 Å². The van der Waals surface area contributed by atoms with Crippen molar-refractivity contribution >= 4 is 35.6 Å². The highest BCUT2D eigenvalue weighted by Gasteiger charge is 2.28. The number of nitrogens with two attached hydrogens (primary N) is 2. The fraction of sp³-hybridized carbons (Fsp3) is 0.571. The van der Waals surface area contributed by atoms with Crippen LogP contribution < -0.4 is 27.4 Å². The molecule has 14 nitrogen and oxygen atoms in total. The summed E-state index contributed by atoms with van der Waals surface area (Å²) in [5.41, 5.74) is 10.2. The van der Waals surface area contributed by atoms with Crippen molar-refractivity contribution < 1.29 is 44.1 Å². The third-order valence-corrected chi connectivity index (χ3v) is 3.28. The topological polar surface area (TPSA) is 251 Å². The molecule has 0 rings (SSSR count). The summed E-state index contributed by atoms with van der Waals surface area (Å²) in [6.07, 6.45) is -1.54. The van der Waals surface area contributed by atoms with Crippen molar-refractivity contribution in [1.82, 2.24) is 16.0 Å². The number of carboxylic acid groups (broad SMARTS) is 2. The van der Waals surface area contributed by atoms with Crippen molar-refractivity contribution in [2.24, 2.45) is 11.5 Å². The summed E-state index contributed by atoms with van der Waals surface area (Å²) in [5.74, 6) is -6.65. The van der Waals surface area contributed by atoms with Crippen LogP contribution in [0.4, 0.5) is 0 Å². The van der Waals surface area contributed by atoms with E-state index in [2.05, 4.69) is 10.6 Å². The fourth-order valence-electron chi connectivity index (χ4n) is 1.83. The number of amides is 4. The van der Waals surface area contributed by atoms with Gasteiger partial charge in [0.1, 0.15) is 18.1 Å². The van der Waals surface area contributed by atoms with Crippen molar-refractivity contribution in [3.8, 4) is 0 Å². The monoisotopic (exact) mass is 405 g/mol. The van der Waals surface area contributed by atoms with Crippen molar-refractivity contribution in [3.63, 3.8) is 0 Å². The first-order valence-electron chi connectivity index (χ1n) is 7.94. The Labute approximate surface area is 158 Å². The lowest BCUT2D eigenvalue weighted by molar-refractivity contribution is -0.147. The van der Waals surface area contributed by atoms with E-state index in [0.29, 0.717) is 0 Å². The molecule has 3 atom stereocenters. The lowest BCUT2D eigenvalue weighted by atomic mass is 10.1. The molecule has 28 heavy (non-hydrogen) atoms. The summed E-state index contributed by atoms with van der Waals surface area (Å²) in [6.45, 7) is -1.28. The van der Waals surface area contributed by atoms with E-state index in [1.54, 1.807) is 0 Å². The normalized spacial score (nSPS) is 13.5. The van der Waals surface area contributed by atoms with Crippen LogP contribution in [0.1, 0.15) is 19.3 Å². The number of carboxylic acids is 2. The summed E-state index contributed by atoms with van der Waals surface area (Å²) in [6, 6.07) is -4.44. The smallest absolute Gasteiger partial charge is 0.326 e. The molecule has 10 N–H and O–H groups in total. The van der Waals surface area contributed by atoms with Gasteiger partial charge in [-0.2, -0.15) is 0 Å². The number of hydrogen-bond acceptors (Lipinski definition) is 8. The SMILES string of the molecule is NC(=O)CCC(NC(=O)CNC(=O)C(N)CO)C(=O)NC(CC(=O)O)C(=O)O. The van der Waals surface area contributed by atoms with Crippen LogP contribution >= 0.6 is 0 Å². The summed E-state index contributed by atoms with van der Waals surface area (Å²) < 4.78 is 0. The minimum Gasteiger partial charge on any atom is -0.481 e. The van der Waals surface area contributed by atoms with Crippen LogP contribution in [-0.4, -0.2) is 82.2 Å². The number of carbonyl (C=O) groups is 6. The molecule has 0 bridgehead atoms. The molecule has 0 aliphatic rings. The number of primary amides is 1. The Hall–Kier alpha value is -3.26. The molecule has 4 amide bonds. The van der Waals surface area contributed by atoms with E-state index >= 15 is 0 Å². The third kappa shape index (κ3) is 10.0. The lowest BCUT2D eigenvalue weighted by Gasteiger charge is -2.21. The maximum Gasteiger partial charge on any atom is 0.326 e. The molecule has 158 valence electrons. The molecule has 0 aliphatic heterocycles. The van der Waals surface area contributed by atoms with Crippen molar-refractivity contribution in [1.29, 1.82) is 0 Å². The zero-order valence-corrected chi connectivity index (χ0v) is 14.7. The minimum atomic E-state index is -1.76. The zero-order valence-electron chi connectivity index (χ0n) is 14.7. The summed E-state index contributed by atoms with van der Waals surface area (Å²) in [7, 11) is 0. The molecule has 0 saturated heterocycles. The van der Waals surface area contributed by atoms with Gasteiger partial charge in [0, 0.05) is 6.42 Å². The van der Waals surface area contributed by atoms with Gasteiger partial charge in [-0.3, -0.25) is 24.0 Å². The Morgan fingerprint density at radius 3 is 2.00 bits per heavy atom. The Balaban J connectivity index is 4.99. The number of carbonyl (C=O) groups excluding carboxylic acids is 4. The van der Waals surface area contributed by atoms with E-state index in [1.165, 1.54) is 0 Å². The Morgan fingerprint density at radius 2 is 1.54 bits per heavy atom. The third-order valence-electron chi connectivity index (χ3n) is 3.28. The van der Waals surface area contributed by atoms with Gasteiger partial charge in [-0.25, -0.2) is 4.79 Å². The highest BCUT2D eigenvalue weighted by Crippen LogP contribution is 2.01. The van der Waals surface area contributed by atoms with Crippen LogP contribution in [0.25, 0.3) is 0 Å². The van der Waals surface area contributed by atoms with Crippen LogP contribution in [0.15, 0.2) is 0 Å². The first kappa shape index (κ1) is 24.7. The molecule has 14 heteroatoms. The Morgan fingerprint density at radius 1 is 0.929 bits per heavy atom. The van der Waals surface area contributed by atoms with Gasteiger partial charge in [0.2, 0.25) is 23.6 Å². The molecular formula is C14H23N5O9. The van der Waals surface area contributed by atoms with E-state index in [0.717, 1.165) is 0 Å². The van der Waals surface area contributed by atoms with Gasteiger partial charge in [-0.1, -0.05) is 0 Å². The number of rotatable bonds is 13. The molecule has 0 heterocycles. The zero-order chi connectivity index (χ0) is 21.9. The molecular weight excluding hydrogens is 382 g/mol. The first-order chi connectivity index (χ1) is 13.0. The van der Waals surface area contributed by atoms with Gasteiger partial charge in [-0.05, 0) is 6.42 Å². The summed E-state index contributed by atoms with van der Waals surface area (Å²) >= 11 is 0. The number of aliphatic hydroxyl groups is 1. The molecule has 0 saturated carbocycles. The molecule has 0 aromatic rings. The largest absolute Gasteiger partial charge is 0.481 e. The van der Waals surface area contributed by atoms with Gasteiger partial charge in [-0.15, -0.1) is 0 Å². The average molecular weight is 405 g/mol. The van der Waals surface area contributed by atoms with Crippen LogP contribution in [0.5, 0.6) is 0 Å². The molecule has 0 radical (unpaired) electrons. The molecule has 0 aliphatic carbocycles. The Kier molecular flexibility index (Phi) is 10.8. The maximum atomic E-state index is 12.2. The van der Waals surface area contributed by atoms with E-state index in [1.807, 2.05) is 5.32 Å². The van der Waals surface area contributed by atoms with E-state index < -0.39 is 73.3 Å². The average Bonchev–Trinajstić information content (AvgIpc) is 2.60. The summed E-state index contributed by atoms with van der Waals surface area (Å²) in [5, 5.41) is 32.6. The van der Waals surface area contributed by atoms with Crippen LogP contribution in [0.3, 0.4) is 0 Å². The fourth-order valence-corrected chi connectivity index (χ4v) is 1.83. The molecule has 3 unspecified atom stereocenters. The second-order valence-electron chi connectivity index (χ2n) is 5.63. The van der Waals surface area contributed by atoms with Gasteiger partial charge in [0.05, 0.1) is 19.6 Å². The van der Waals surface area contributed by atoms with Crippen molar-refractivity contribution in [3.05, 3.63) is 0 Å². The maximum absolute atomic E-state index is 12.2. The van der Waals surface area contributed by atoms with Gasteiger partial charge >= 0.3 is 11.9 Å².